The van der Waals surface area contributed by atoms with Crippen molar-refractivity contribution < 1.29 is 14.7 Å². The molecule has 0 atom stereocenters. The molecule has 0 unspecified atom stereocenters. The van der Waals surface area contributed by atoms with E-state index in [0.717, 1.165) is 16.7 Å². The quantitative estimate of drug-likeness (QED) is 0.549. The maximum atomic E-state index is 10.1. The molecule has 0 aliphatic carbocycles. The van der Waals surface area contributed by atoms with E-state index in [1.54, 1.807) is 6.07 Å². The van der Waals surface area contributed by atoms with Gasteiger partial charge in [-0.3, -0.25) is 0 Å². The van der Waals surface area contributed by atoms with Crippen molar-refractivity contribution in [3.63, 3.8) is 0 Å². The van der Waals surface area contributed by atoms with Gasteiger partial charge in [-0.15, -0.1) is 0 Å². The Morgan fingerprint density at radius 2 is 1.04 bits per heavy atom. The zero-order valence-corrected chi connectivity index (χ0v) is 17.7. The van der Waals surface area contributed by atoms with Crippen molar-refractivity contribution in [3.8, 4) is 0 Å². The summed E-state index contributed by atoms with van der Waals surface area (Å²) in [7, 11) is -4.17. The van der Waals surface area contributed by atoms with E-state index in [-0.39, 0.29) is 10.7 Å². The minimum atomic E-state index is -4.17. The molecule has 3 aromatic rings. The smallest absolute Gasteiger partial charge is 0.189 e. The summed E-state index contributed by atoms with van der Waals surface area (Å²) in [6.07, 6.45) is 0. The first kappa shape index (κ1) is 20.7. The summed E-state index contributed by atoms with van der Waals surface area (Å²) in [4.78, 5) is 30.3. The maximum absolute atomic E-state index is 10.1. The normalized spacial score (nSPS) is 12.8. The third kappa shape index (κ3) is 3.90. The first-order chi connectivity index (χ1) is 13.0. The number of benzene rings is 3. The van der Waals surface area contributed by atoms with Gasteiger partial charge in [0.25, 0.3) is 0 Å². The fourth-order valence-electron chi connectivity index (χ4n) is 3.72. The van der Waals surface area contributed by atoms with Gasteiger partial charge >= 0.3 is 7.94 Å². The van der Waals surface area contributed by atoms with Crippen LogP contribution < -0.4 is 5.30 Å². The minimum absolute atomic E-state index is 0.203. The highest BCUT2D eigenvalue weighted by molar-refractivity contribution is 7.66. The van der Waals surface area contributed by atoms with E-state index in [2.05, 4.69) is 26.0 Å². The van der Waals surface area contributed by atoms with Gasteiger partial charge in [-0.25, -0.2) is 0 Å². The van der Waals surface area contributed by atoms with Crippen molar-refractivity contribution in [3.05, 3.63) is 101 Å². The van der Waals surface area contributed by atoms with Crippen LogP contribution in [0.4, 0.5) is 0 Å². The minimum Gasteiger partial charge on any atom is -0.189 e. The summed E-state index contributed by atoms with van der Waals surface area (Å²) in [5.41, 5.74) is 3.20. The van der Waals surface area contributed by atoms with E-state index in [0.29, 0.717) is 0 Å². The molecule has 0 aromatic heterocycles. The summed E-state index contributed by atoms with van der Waals surface area (Å²) in [6, 6.07) is 25.7. The molecule has 0 radical (unpaired) electrons. The number of hydrogen-bond acceptors (Lipinski definition) is 3. The Balaban J connectivity index is 2.22. The summed E-state index contributed by atoms with van der Waals surface area (Å²) in [5, 5.41) is 0.203. The molecular formula is C24H28O3P+. The van der Waals surface area contributed by atoms with Gasteiger partial charge in [0.05, 0.1) is 0 Å². The second kappa shape index (κ2) is 7.42. The van der Waals surface area contributed by atoms with Crippen LogP contribution >= 0.6 is 7.94 Å². The van der Waals surface area contributed by atoms with E-state index in [1.165, 1.54) is 5.56 Å². The van der Waals surface area contributed by atoms with Crippen LogP contribution in [0.1, 0.15) is 49.9 Å². The van der Waals surface area contributed by atoms with Crippen LogP contribution in [0.2, 0.25) is 0 Å². The predicted octanol–water partition coefficient (Wildman–Crippen LogP) is 4.70. The second-order valence-electron chi connectivity index (χ2n) is 8.28. The van der Waals surface area contributed by atoms with Gasteiger partial charge in [0.15, 0.2) is 5.30 Å². The monoisotopic (exact) mass is 395 g/mol. The lowest BCUT2D eigenvalue weighted by molar-refractivity contribution is 0.346. The van der Waals surface area contributed by atoms with Crippen LogP contribution in [-0.2, 0) is 10.8 Å². The maximum Gasteiger partial charge on any atom is 0.441 e. The molecule has 3 rings (SSSR count). The molecule has 0 spiro atoms. The van der Waals surface area contributed by atoms with Gasteiger partial charge in [-0.05, 0) is 28.8 Å². The Bertz CT molecular complexity index is 943. The summed E-state index contributed by atoms with van der Waals surface area (Å²) in [5.74, 6) is 0. The average Bonchev–Trinajstić information content (AvgIpc) is 2.68. The van der Waals surface area contributed by atoms with Gasteiger partial charge in [0, 0.05) is 16.4 Å². The molecule has 3 aromatic carbocycles. The Labute approximate surface area is 167 Å². The van der Waals surface area contributed by atoms with Gasteiger partial charge < -0.3 is 0 Å². The Morgan fingerprint density at radius 1 is 0.571 bits per heavy atom. The fourth-order valence-corrected chi connectivity index (χ4v) is 4.66. The van der Waals surface area contributed by atoms with Crippen LogP contribution in [0.15, 0.2) is 78.9 Å². The molecule has 0 aliphatic rings. The molecule has 28 heavy (non-hydrogen) atoms. The SMILES string of the molecule is CC(C)(c1ccccc1)c1ccc([P+](O)(O)O)c(C(C)(C)c2ccccc2)c1. The van der Waals surface area contributed by atoms with Crippen molar-refractivity contribution in [2.75, 3.05) is 0 Å². The first-order valence-corrected chi connectivity index (χ1v) is 11.0. The van der Waals surface area contributed by atoms with Crippen molar-refractivity contribution in [1.29, 1.82) is 0 Å². The molecule has 3 nitrogen and oxygen atoms in total. The molecule has 4 heteroatoms. The van der Waals surface area contributed by atoms with Gasteiger partial charge in [-0.2, -0.15) is 14.7 Å². The Kier molecular flexibility index (Phi) is 5.49. The lowest BCUT2D eigenvalue weighted by Gasteiger charge is -2.31. The van der Waals surface area contributed by atoms with Crippen LogP contribution in [0.5, 0.6) is 0 Å². The van der Waals surface area contributed by atoms with Crippen molar-refractivity contribution in [2.45, 2.75) is 38.5 Å². The van der Waals surface area contributed by atoms with Crippen molar-refractivity contribution in [2.24, 2.45) is 0 Å². The highest BCUT2D eigenvalue weighted by Crippen LogP contribution is 2.48. The Morgan fingerprint density at radius 3 is 1.50 bits per heavy atom. The lowest BCUT2D eigenvalue weighted by Crippen LogP contribution is -2.30. The molecular weight excluding hydrogens is 367 g/mol. The van der Waals surface area contributed by atoms with E-state index >= 15 is 0 Å². The summed E-state index contributed by atoms with van der Waals surface area (Å²) >= 11 is 0. The van der Waals surface area contributed by atoms with E-state index in [4.69, 9.17) is 0 Å². The largest absolute Gasteiger partial charge is 0.441 e. The van der Waals surface area contributed by atoms with Crippen LogP contribution in [-0.4, -0.2) is 14.7 Å². The topological polar surface area (TPSA) is 60.7 Å². The second-order valence-corrected chi connectivity index (χ2v) is 9.90. The molecule has 0 saturated heterocycles. The Hall–Kier alpha value is -2.03. The molecule has 0 heterocycles. The molecule has 0 aliphatic heterocycles. The third-order valence-corrected chi connectivity index (χ3v) is 6.74. The first-order valence-electron chi connectivity index (χ1n) is 9.38. The highest BCUT2D eigenvalue weighted by Gasteiger charge is 2.42. The van der Waals surface area contributed by atoms with E-state index in [9.17, 15) is 14.7 Å². The third-order valence-electron chi connectivity index (χ3n) is 5.71. The molecule has 0 saturated carbocycles. The van der Waals surface area contributed by atoms with Crippen LogP contribution in [0.25, 0.3) is 0 Å². The number of rotatable bonds is 5. The lowest BCUT2D eigenvalue weighted by atomic mass is 9.73. The summed E-state index contributed by atoms with van der Waals surface area (Å²) in [6.45, 7) is 8.37. The van der Waals surface area contributed by atoms with Crippen molar-refractivity contribution >= 4 is 13.2 Å². The van der Waals surface area contributed by atoms with E-state index in [1.807, 2.05) is 74.5 Å². The summed E-state index contributed by atoms with van der Waals surface area (Å²) < 4.78 is 0. The fraction of sp³-hybridized carbons (Fsp3) is 0.250. The molecule has 0 fully saturated rings. The van der Waals surface area contributed by atoms with Gasteiger partial charge in [0.1, 0.15) is 0 Å². The van der Waals surface area contributed by atoms with Crippen LogP contribution in [0.3, 0.4) is 0 Å². The average molecular weight is 395 g/mol. The van der Waals surface area contributed by atoms with Gasteiger partial charge in [-0.1, -0.05) is 94.4 Å². The van der Waals surface area contributed by atoms with Crippen molar-refractivity contribution in [1.82, 2.24) is 0 Å². The number of hydrogen-bond donors (Lipinski definition) is 3. The zero-order valence-electron chi connectivity index (χ0n) is 16.8. The molecule has 0 bridgehead atoms. The van der Waals surface area contributed by atoms with Crippen LogP contribution in [0, 0.1) is 0 Å². The predicted molar refractivity (Wildman–Crippen MR) is 117 cm³/mol. The molecule has 0 amide bonds. The zero-order chi connectivity index (χ0) is 20.6. The molecule has 146 valence electrons. The van der Waals surface area contributed by atoms with Gasteiger partial charge in [0.2, 0.25) is 0 Å². The standard InChI is InChI=1S/C24H28O3P/c1-23(2,18-11-7-5-8-12-18)20-15-16-22(28(25,26)27)21(17-20)24(3,4)19-13-9-6-10-14-19/h5-17,25-27H,1-4H3/q+1. The van der Waals surface area contributed by atoms with E-state index < -0.39 is 13.4 Å². The highest BCUT2D eigenvalue weighted by atomic mass is 31.2. The molecule has 3 N–H and O–H groups in total.